The second kappa shape index (κ2) is 7.62. The van der Waals surface area contributed by atoms with Crippen molar-refractivity contribution in [3.05, 3.63) is 65.4 Å². The Morgan fingerprint density at radius 1 is 1.12 bits per heavy atom. The number of hydrogen-bond donors (Lipinski definition) is 1. The van der Waals surface area contributed by atoms with Crippen molar-refractivity contribution in [3.63, 3.8) is 0 Å². The van der Waals surface area contributed by atoms with E-state index < -0.39 is 12.1 Å². The number of esters is 1. The van der Waals surface area contributed by atoms with Crippen molar-refractivity contribution in [2.45, 2.75) is 25.9 Å². The number of hydrogen-bond acceptors (Lipinski definition) is 5. The summed E-state index contributed by atoms with van der Waals surface area (Å²) >= 11 is 0. The van der Waals surface area contributed by atoms with Crippen molar-refractivity contribution in [1.29, 1.82) is 0 Å². The highest BCUT2D eigenvalue weighted by atomic mass is 16.5. The number of methoxy groups -OCH3 is 1. The molecule has 0 bridgehead atoms. The van der Waals surface area contributed by atoms with Crippen molar-refractivity contribution in [1.82, 2.24) is 0 Å². The van der Waals surface area contributed by atoms with Gasteiger partial charge in [-0.2, -0.15) is 0 Å². The number of aliphatic hydroxyl groups is 1. The highest BCUT2D eigenvalue weighted by molar-refractivity contribution is 5.89. The normalized spacial score (nSPS) is 12.3. The number of rotatable bonds is 6. The SMILES string of the molecule is COC(=O)c1ccc(OCC(O)c2cc3cc(C(C)C)ccc3o2)cc1. The van der Waals surface area contributed by atoms with E-state index in [9.17, 15) is 9.90 Å². The monoisotopic (exact) mass is 354 g/mol. The van der Waals surface area contributed by atoms with Crippen LogP contribution in [-0.4, -0.2) is 24.8 Å². The molecule has 1 N–H and O–H groups in total. The van der Waals surface area contributed by atoms with Gasteiger partial charge in [-0.15, -0.1) is 0 Å². The second-order valence-electron chi connectivity index (χ2n) is 6.44. The summed E-state index contributed by atoms with van der Waals surface area (Å²) in [4.78, 5) is 11.4. The minimum absolute atomic E-state index is 0.0500. The molecular weight excluding hydrogens is 332 g/mol. The summed E-state index contributed by atoms with van der Waals surface area (Å²) in [7, 11) is 1.33. The highest BCUT2D eigenvalue weighted by Gasteiger charge is 2.15. The second-order valence-corrected chi connectivity index (χ2v) is 6.44. The predicted octanol–water partition coefficient (Wildman–Crippen LogP) is 4.46. The van der Waals surface area contributed by atoms with E-state index >= 15 is 0 Å². The third-order valence-corrected chi connectivity index (χ3v) is 4.24. The molecular formula is C21H22O5. The zero-order chi connectivity index (χ0) is 18.7. The van der Waals surface area contributed by atoms with Crippen molar-refractivity contribution in [2.24, 2.45) is 0 Å². The lowest BCUT2D eigenvalue weighted by molar-refractivity contribution is 0.0600. The van der Waals surface area contributed by atoms with Gasteiger partial charge in [0.05, 0.1) is 12.7 Å². The van der Waals surface area contributed by atoms with E-state index in [1.165, 1.54) is 12.7 Å². The average Bonchev–Trinajstić information content (AvgIpc) is 3.09. The number of ether oxygens (including phenoxy) is 2. The highest BCUT2D eigenvalue weighted by Crippen LogP contribution is 2.27. The minimum atomic E-state index is -0.884. The Bertz CT molecular complexity index is 892. The maximum Gasteiger partial charge on any atom is 0.337 e. The molecule has 1 unspecified atom stereocenters. The van der Waals surface area contributed by atoms with E-state index in [1.54, 1.807) is 24.3 Å². The van der Waals surface area contributed by atoms with Crippen LogP contribution in [0.4, 0.5) is 0 Å². The maximum atomic E-state index is 11.4. The zero-order valence-electron chi connectivity index (χ0n) is 15.1. The molecule has 0 aliphatic heterocycles. The molecule has 2 aromatic carbocycles. The van der Waals surface area contributed by atoms with E-state index in [0.29, 0.717) is 23.0 Å². The van der Waals surface area contributed by atoms with E-state index in [-0.39, 0.29) is 6.61 Å². The van der Waals surface area contributed by atoms with Crippen LogP contribution in [0.2, 0.25) is 0 Å². The summed E-state index contributed by atoms with van der Waals surface area (Å²) in [6.07, 6.45) is -0.884. The molecule has 0 aliphatic rings. The minimum Gasteiger partial charge on any atom is -0.490 e. The summed E-state index contributed by atoms with van der Waals surface area (Å²) in [6, 6.07) is 14.4. The van der Waals surface area contributed by atoms with Gasteiger partial charge in [-0.1, -0.05) is 19.9 Å². The third kappa shape index (κ3) is 3.89. The Kier molecular flexibility index (Phi) is 5.28. The van der Waals surface area contributed by atoms with Gasteiger partial charge in [0, 0.05) is 5.39 Å². The summed E-state index contributed by atoms with van der Waals surface area (Å²) < 4.78 is 16.0. The standard InChI is InChI=1S/C21H22O5/c1-13(2)15-6-9-19-16(10-15)11-20(26-19)18(22)12-25-17-7-4-14(5-8-17)21(23)24-3/h4-11,13,18,22H,12H2,1-3H3. The van der Waals surface area contributed by atoms with Crippen LogP contribution in [0.3, 0.4) is 0 Å². The molecule has 136 valence electrons. The Morgan fingerprint density at radius 2 is 1.85 bits per heavy atom. The zero-order valence-corrected chi connectivity index (χ0v) is 15.1. The van der Waals surface area contributed by atoms with Crippen LogP contribution in [-0.2, 0) is 4.74 Å². The molecule has 1 aromatic heterocycles. The molecule has 0 aliphatic carbocycles. The first-order valence-electron chi connectivity index (χ1n) is 8.50. The van der Waals surface area contributed by atoms with Crippen LogP contribution in [0.1, 0.15) is 47.6 Å². The quantitative estimate of drug-likeness (QED) is 0.662. The fourth-order valence-corrected chi connectivity index (χ4v) is 2.67. The van der Waals surface area contributed by atoms with Crippen LogP contribution in [0.25, 0.3) is 11.0 Å². The van der Waals surface area contributed by atoms with Gasteiger partial charge in [-0.3, -0.25) is 0 Å². The number of carbonyl (C=O) groups excluding carboxylic acids is 1. The molecule has 3 aromatic rings. The van der Waals surface area contributed by atoms with Gasteiger partial charge in [-0.05, 0) is 53.9 Å². The molecule has 0 saturated heterocycles. The van der Waals surface area contributed by atoms with Crippen LogP contribution in [0.5, 0.6) is 5.75 Å². The molecule has 0 fully saturated rings. The topological polar surface area (TPSA) is 68.9 Å². The van der Waals surface area contributed by atoms with Crippen molar-refractivity contribution < 1.29 is 23.8 Å². The van der Waals surface area contributed by atoms with Crippen LogP contribution in [0.15, 0.2) is 52.9 Å². The smallest absolute Gasteiger partial charge is 0.337 e. The summed E-state index contributed by atoms with van der Waals surface area (Å²) in [5, 5.41) is 11.3. The number of benzene rings is 2. The summed E-state index contributed by atoms with van der Waals surface area (Å²) in [6.45, 7) is 4.32. The van der Waals surface area contributed by atoms with E-state index in [4.69, 9.17) is 9.15 Å². The lowest BCUT2D eigenvalue weighted by Crippen LogP contribution is -2.09. The first kappa shape index (κ1) is 18.0. The van der Waals surface area contributed by atoms with E-state index in [0.717, 1.165) is 11.0 Å². The fraction of sp³-hybridized carbons (Fsp3) is 0.286. The van der Waals surface area contributed by atoms with Gasteiger partial charge in [0.25, 0.3) is 0 Å². The molecule has 1 atom stereocenters. The Hall–Kier alpha value is -2.79. The number of aliphatic hydroxyl groups excluding tert-OH is 1. The van der Waals surface area contributed by atoms with Crippen LogP contribution in [0, 0.1) is 0 Å². The first-order valence-corrected chi connectivity index (χ1v) is 8.50. The van der Waals surface area contributed by atoms with Gasteiger partial charge in [0.1, 0.15) is 29.8 Å². The lowest BCUT2D eigenvalue weighted by Gasteiger charge is -2.10. The molecule has 0 saturated carbocycles. The molecule has 1 heterocycles. The van der Waals surface area contributed by atoms with Crippen molar-refractivity contribution >= 4 is 16.9 Å². The molecule has 5 nitrogen and oxygen atoms in total. The molecule has 0 spiro atoms. The Balaban J connectivity index is 1.67. The van der Waals surface area contributed by atoms with Crippen LogP contribution < -0.4 is 4.74 Å². The summed E-state index contributed by atoms with van der Waals surface area (Å²) in [5.74, 6) is 1.04. The number of carbonyl (C=O) groups is 1. The number of furan rings is 1. The van der Waals surface area contributed by atoms with Crippen molar-refractivity contribution in [3.8, 4) is 5.75 Å². The largest absolute Gasteiger partial charge is 0.490 e. The summed E-state index contributed by atoms with van der Waals surface area (Å²) in [5.41, 5.74) is 2.41. The fourth-order valence-electron chi connectivity index (χ4n) is 2.67. The average molecular weight is 354 g/mol. The Labute approximate surface area is 152 Å². The van der Waals surface area contributed by atoms with E-state index in [1.807, 2.05) is 18.2 Å². The van der Waals surface area contributed by atoms with E-state index in [2.05, 4.69) is 24.7 Å². The van der Waals surface area contributed by atoms with Gasteiger partial charge in [-0.25, -0.2) is 4.79 Å². The van der Waals surface area contributed by atoms with Gasteiger partial charge >= 0.3 is 5.97 Å². The molecule has 3 rings (SSSR count). The van der Waals surface area contributed by atoms with Crippen molar-refractivity contribution in [2.75, 3.05) is 13.7 Å². The molecule has 0 radical (unpaired) electrons. The maximum absolute atomic E-state index is 11.4. The molecule has 26 heavy (non-hydrogen) atoms. The molecule has 0 amide bonds. The first-order chi connectivity index (χ1) is 12.5. The van der Waals surface area contributed by atoms with Gasteiger partial charge in [0.2, 0.25) is 0 Å². The van der Waals surface area contributed by atoms with Gasteiger partial charge in [0.15, 0.2) is 0 Å². The third-order valence-electron chi connectivity index (χ3n) is 4.24. The predicted molar refractivity (Wildman–Crippen MR) is 98.5 cm³/mol. The van der Waals surface area contributed by atoms with Gasteiger partial charge < -0.3 is 19.0 Å². The van der Waals surface area contributed by atoms with Crippen LogP contribution >= 0.6 is 0 Å². The molecule has 5 heteroatoms. The lowest BCUT2D eigenvalue weighted by atomic mass is 10.0. The Morgan fingerprint density at radius 3 is 2.50 bits per heavy atom. The number of fused-ring (bicyclic) bond motifs is 1.